The zero-order valence-corrected chi connectivity index (χ0v) is 17.8. The number of piperidine rings is 1. The second kappa shape index (κ2) is 7.86. The lowest BCUT2D eigenvalue weighted by atomic mass is 9.99. The summed E-state index contributed by atoms with van der Waals surface area (Å²) in [5.74, 6) is 0.757. The highest BCUT2D eigenvalue weighted by Crippen LogP contribution is 2.26. The summed E-state index contributed by atoms with van der Waals surface area (Å²) in [4.78, 5) is 15.4. The molecular formula is C25H29N3O. The van der Waals surface area contributed by atoms with Crippen molar-refractivity contribution in [1.29, 1.82) is 0 Å². The molecule has 0 saturated carbocycles. The predicted molar refractivity (Wildman–Crippen MR) is 118 cm³/mol. The average Bonchev–Trinajstić information content (AvgIpc) is 3.15. The number of carbonyl (C=O) groups excluding carboxylic acids is 1. The van der Waals surface area contributed by atoms with Gasteiger partial charge in [-0.15, -0.1) is 0 Å². The lowest BCUT2D eigenvalue weighted by Crippen LogP contribution is -2.38. The third-order valence-electron chi connectivity index (χ3n) is 6.05. The van der Waals surface area contributed by atoms with Gasteiger partial charge in [-0.05, 0) is 80.5 Å². The zero-order chi connectivity index (χ0) is 20.5. The second-order valence-electron chi connectivity index (χ2n) is 8.44. The molecule has 4 nitrogen and oxygen atoms in total. The van der Waals surface area contributed by atoms with Crippen LogP contribution in [0.3, 0.4) is 0 Å². The van der Waals surface area contributed by atoms with Crippen LogP contribution in [0, 0.1) is 26.7 Å². The van der Waals surface area contributed by atoms with E-state index in [1.807, 2.05) is 27.8 Å². The summed E-state index contributed by atoms with van der Waals surface area (Å²) in [6, 6.07) is 16.5. The maximum Gasteiger partial charge on any atom is 0.272 e. The summed E-state index contributed by atoms with van der Waals surface area (Å²) in [7, 11) is 0. The fourth-order valence-electron chi connectivity index (χ4n) is 3.91. The van der Waals surface area contributed by atoms with Gasteiger partial charge in [-0.2, -0.15) is 5.10 Å². The van der Waals surface area contributed by atoms with Gasteiger partial charge < -0.3 is 4.90 Å². The third kappa shape index (κ3) is 3.98. The highest BCUT2D eigenvalue weighted by Gasteiger charge is 2.26. The first-order chi connectivity index (χ1) is 13.9. The van der Waals surface area contributed by atoms with Crippen molar-refractivity contribution in [2.24, 2.45) is 5.92 Å². The SMILES string of the molecule is Cc1cccc(-n2nc(-c3ccc(C)c(C)c3)cc2C(=O)N2CCC(C)CC2)c1. The van der Waals surface area contributed by atoms with Crippen LogP contribution in [0.15, 0.2) is 48.5 Å². The van der Waals surface area contributed by atoms with Crippen LogP contribution in [0.5, 0.6) is 0 Å². The molecular weight excluding hydrogens is 358 g/mol. The summed E-state index contributed by atoms with van der Waals surface area (Å²) in [5.41, 5.74) is 7.07. The van der Waals surface area contributed by atoms with E-state index in [0.29, 0.717) is 11.6 Å². The highest BCUT2D eigenvalue weighted by molar-refractivity contribution is 5.94. The molecule has 1 saturated heterocycles. The maximum absolute atomic E-state index is 13.4. The van der Waals surface area contributed by atoms with Crippen LogP contribution in [0.25, 0.3) is 16.9 Å². The van der Waals surface area contributed by atoms with Crippen LogP contribution in [0.2, 0.25) is 0 Å². The minimum absolute atomic E-state index is 0.0704. The Balaban J connectivity index is 1.78. The van der Waals surface area contributed by atoms with Gasteiger partial charge in [0.1, 0.15) is 5.69 Å². The summed E-state index contributed by atoms with van der Waals surface area (Å²) < 4.78 is 1.82. The lowest BCUT2D eigenvalue weighted by Gasteiger charge is -2.30. The van der Waals surface area contributed by atoms with E-state index in [-0.39, 0.29) is 5.91 Å². The van der Waals surface area contributed by atoms with Crippen molar-refractivity contribution in [3.8, 4) is 16.9 Å². The molecule has 29 heavy (non-hydrogen) atoms. The molecule has 150 valence electrons. The van der Waals surface area contributed by atoms with E-state index in [9.17, 15) is 4.79 Å². The standard InChI is InChI=1S/C25H29N3O/c1-17-10-12-27(13-11-17)25(29)24-16-23(21-9-8-19(3)20(4)15-21)26-28(24)22-7-5-6-18(2)14-22/h5-9,14-17H,10-13H2,1-4H3. The molecule has 3 aromatic rings. The second-order valence-corrected chi connectivity index (χ2v) is 8.44. The first-order valence-corrected chi connectivity index (χ1v) is 10.5. The molecule has 0 spiro atoms. The number of aryl methyl sites for hydroxylation is 3. The molecule has 0 bridgehead atoms. The molecule has 1 aromatic heterocycles. The number of likely N-dealkylation sites (tertiary alicyclic amines) is 1. The van der Waals surface area contributed by atoms with Crippen LogP contribution in [0.1, 0.15) is 46.9 Å². The molecule has 2 heterocycles. The van der Waals surface area contributed by atoms with Gasteiger partial charge in [0.25, 0.3) is 5.91 Å². The quantitative estimate of drug-likeness (QED) is 0.609. The first kappa shape index (κ1) is 19.4. The van der Waals surface area contributed by atoms with E-state index in [2.05, 4.69) is 58.0 Å². The van der Waals surface area contributed by atoms with E-state index < -0.39 is 0 Å². The number of amides is 1. The van der Waals surface area contributed by atoms with Crippen molar-refractivity contribution >= 4 is 5.91 Å². The van der Waals surface area contributed by atoms with Gasteiger partial charge >= 0.3 is 0 Å². The molecule has 1 aliphatic heterocycles. The van der Waals surface area contributed by atoms with Crippen molar-refractivity contribution < 1.29 is 4.79 Å². The zero-order valence-electron chi connectivity index (χ0n) is 17.8. The van der Waals surface area contributed by atoms with Gasteiger partial charge in [-0.1, -0.05) is 31.2 Å². The van der Waals surface area contributed by atoms with Crippen LogP contribution < -0.4 is 0 Å². The number of hydrogen-bond donors (Lipinski definition) is 0. The largest absolute Gasteiger partial charge is 0.337 e. The fraction of sp³-hybridized carbons (Fsp3) is 0.360. The Kier molecular flexibility index (Phi) is 5.27. The van der Waals surface area contributed by atoms with E-state index >= 15 is 0 Å². The Hall–Kier alpha value is -2.88. The van der Waals surface area contributed by atoms with Gasteiger partial charge in [0.2, 0.25) is 0 Å². The number of aromatic nitrogens is 2. The van der Waals surface area contributed by atoms with Gasteiger partial charge in [-0.25, -0.2) is 4.68 Å². The van der Waals surface area contributed by atoms with Gasteiger partial charge in [0.15, 0.2) is 0 Å². The Labute approximate surface area is 173 Å². The van der Waals surface area contributed by atoms with Crippen molar-refractivity contribution in [1.82, 2.24) is 14.7 Å². The lowest BCUT2D eigenvalue weighted by molar-refractivity contribution is 0.0688. The first-order valence-electron chi connectivity index (χ1n) is 10.5. The Morgan fingerprint density at radius 2 is 1.72 bits per heavy atom. The average molecular weight is 388 g/mol. The van der Waals surface area contributed by atoms with Crippen LogP contribution in [-0.4, -0.2) is 33.7 Å². The molecule has 0 N–H and O–H groups in total. The predicted octanol–water partition coefficient (Wildman–Crippen LogP) is 5.34. The molecule has 4 heteroatoms. The van der Waals surface area contributed by atoms with Gasteiger partial charge in [0.05, 0.1) is 11.4 Å². The highest BCUT2D eigenvalue weighted by atomic mass is 16.2. The molecule has 0 aliphatic carbocycles. The van der Waals surface area contributed by atoms with Crippen LogP contribution in [0.4, 0.5) is 0 Å². The van der Waals surface area contributed by atoms with Crippen molar-refractivity contribution in [2.75, 3.05) is 13.1 Å². The van der Waals surface area contributed by atoms with E-state index in [0.717, 1.165) is 48.4 Å². The molecule has 0 unspecified atom stereocenters. The molecule has 1 amide bonds. The summed E-state index contributed by atoms with van der Waals surface area (Å²) >= 11 is 0. The van der Waals surface area contributed by atoms with E-state index in [1.54, 1.807) is 0 Å². The van der Waals surface area contributed by atoms with Crippen molar-refractivity contribution in [3.63, 3.8) is 0 Å². The Bertz CT molecular complexity index is 1040. The number of benzene rings is 2. The van der Waals surface area contributed by atoms with E-state index in [4.69, 9.17) is 5.10 Å². The number of rotatable bonds is 3. The van der Waals surface area contributed by atoms with E-state index in [1.165, 1.54) is 11.1 Å². The number of hydrogen-bond acceptors (Lipinski definition) is 2. The molecule has 2 aromatic carbocycles. The molecule has 4 rings (SSSR count). The molecule has 1 fully saturated rings. The number of carbonyl (C=O) groups is 1. The smallest absolute Gasteiger partial charge is 0.272 e. The van der Waals surface area contributed by atoms with Crippen molar-refractivity contribution in [3.05, 3.63) is 70.9 Å². The molecule has 0 atom stereocenters. The van der Waals surface area contributed by atoms with Gasteiger partial charge in [0, 0.05) is 18.7 Å². The van der Waals surface area contributed by atoms with Crippen LogP contribution in [-0.2, 0) is 0 Å². The monoisotopic (exact) mass is 387 g/mol. The Morgan fingerprint density at radius 3 is 2.41 bits per heavy atom. The van der Waals surface area contributed by atoms with Crippen LogP contribution >= 0.6 is 0 Å². The number of nitrogens with zero attached hydrogens (tertiary/aromatic N) is 3. The summed E-state index contributed by atoms with van der Waals surface area (Å²) in [6.45, 7) is 10.2. The minimum atomic E-state index is 0.0704. The normalized spacial score (nSPS) is 15.0. The Morgan fingerprint density at radius 1 is 0.966 bits per heavy atom. The maximum atomic E-state index is 13.4. The third-order valence-corrected chi connectivity index (χ3v) is 6.05. The fourth-order valence-corrected chi connectivity index (χ4v) is 3.91. The summed E-state index contributed by atoms with van der Waals surface area (Å²) in [6.07, 6.45) is 2.13. The molecule has 1 aliphatic rings. The van der Waals surface area contributed by atoms with Gasteiger partial charge in [-0.3, -0.25) is 4.79 Å². The summed E-state index contributed by atoms with van der Waals surface area (Å²) in [5, 5.41) is 4.86. The van der Waals surface area contributed by atoms with Crippen molar-refractivity contribution in [2.45, 2.75) is 40.5 Å². The minimum Gasteiger partial charge on any atom is -0.337 e. The molecule has 0 radical (unpaired) electrons. The topological polar surface area (TPSA) is 38.1 Å².